The molecule has 1 amide bonds. The molecule has 0 spiro atoms. The molecule has 0 saturated heterocycles. The van der Waals surface area contributed by atoms with Gasteiger partial charge in [-0.05, 0) is 23.8 Å². The minimum Gasteiger partial charge on any atom is -0.493 e. The third-order valence-electron chi connectivity index (χ3n) is 3.87. The molecule has 1 atom stereocenters. The topological polar surface area (TPSA) is 68.7 Å². The van der Waals surface area contributed by atoms with Gasteiger partial charge in [0.25, 0.3) is 0 Å². The number of benzene rings is 1. The smallest absolute Gasteiger partial charge is 0.310 e. The lowest BCUT2D eigenvalue weighted by Crippen LogP contribution is -2.37. The van der Waals surface area contributed by atoms with Gasteiger partial charge in [0.15, 0.2) is 0 Å². The summed E-state index contributed by atoms with van der Waals surface area (Å²) >= 11 is 0. The molecule has 0 radical (unpaired) electrons. The summed E-state index contributed by atoms with van der Waals surface area (Å²) in [5, 5.41) is 0. The van der Waals surface area contributed by atoms with Gasteiger partial charge in [-0.3, -0.25) is 14.6 Å². The fraction of sp³-hybridized carbons (Fsp3) is 0.350. The molecular weight excluding hydrogens is 332 g/mol. The van der Waals surface area contributed by atoms with Crippen LogP contribution in [-0.2, 0) is 20.9 Å². The van der Waals surface area contributed by atoms with Gasteiger partial charge >= 0.3 is 5.97 Å². The average molecular weight is 356 g/mol. The summed E-state index contributed by atoms with van der Waals surface area (Å²) in [5.41, 5.74) is 0.905. The maximum absolute atomic E-state index is 12.7. The van der Waals surface area contributed by atoms with Crippen molar-refractivity contribution in [2.45, 2.75) is 19.9 Å². The van der Waals surface area contributed by atoms with Gasteiger partial charge in [-0.15, -0.1) is 0 Å². The number of esters is 1. The summed E-state index contributed by atoms with van der Waals surface area (Å²) in [4.78, 5) is 30.1. The van der Waals surface area contributed by atoms with Crippen LogP contribution in [0.1, 0.15) is 18.9 Å². The molecule has 0 aliphatic heterocycles. The molecule has 0 aliphatic carbocycles. The highest BCUT2D eigenvalue weighted by molar-refractivity contribution is 5.78. The molecule has 26 heavy (non-hydrogen) atoms. The van der Waals surface area contributed by atoms with Gasteiger partial charge in [-0.1, -0.05) is 31.2 Å². The fourth-order valence-electron chi connectivity index (χ4n) is 2.50. The number of nitrogens with zero attached hydrogens (tertiary/aromatic N) is 2. The first-order chi connectivity index (χ1) is 12.6. The summed E-state index contributed by atoms with van der Waals surface area (Å²) in [6.07, 6.45) is 3.62. The quantitative estimate of drug-likeness (QED) is 0.646. The van der Waals surface area contributed by atoms with Crippen LogP contribution in [-0.4, -0.2) is 42.0 Å². The number of methoxy groups -OCH3 is 1. The Kier molecular flexibility index (Phi) is 7.61. The van der Waals surface area contributed by atoms with Crippen LogP contribution in [0.2, 0.25) is 0 Å². The number of carbonyl (C=O) groups excluding carboxylic acids is 2. The van der Waals surface area contributed by atoms with Gasteiger partial charge in [0, 0.05) is 25.5 Å². The van der Waals surface area contributed by atoms with E-state index in [1.807, 2.05) is 42.5 Å². The summed E-state index contributed by atoms with van der Waals surface area (Å²) < 4.78 is 10.4. The molecule has 0 bridgehead atoms. The van der Waals surface area contributed by atoms with Gasteiger partial charge in [0.1, 0.15) is 5.75 Å². The zero-order valence-electron chi connectivity index (χ0n) is 15.1. The van der Waals surface area contributed by atoms with E-state index in [1.165, 1.54) is 7.11 Å². The molecular formula is C20H24N2O4. The van der Waals surface area contributed by atoms with E-state index in [-0.39, 0.29) is 31.4 Å². The van der Waals surface area contributed by atoms with Crippen LogP contribution in [0.15, 0.2) is 54.9 Å². The van der Waals surface area contributed by atoms with Crippen LogP contribution in [0.5, 0.6) is 5.75 Å². The number of aromatic nitrogens is 1. The Balaban J connectivity index is 1.96. The maximum atomic E-state index is 12.7. The van der Waals surface area contributed by atoms with E-state index >= 15 is 0 Å². The largest absolute Gasteiger partial charge is 0.493 e. The summed E-state index contributed by atoms with van der Waals surface area (Å²) in [6.45, 7) is 2.69. The van der Waals surface area contributed by atoms with Crippen molar-refractivity contribution in [2.24, 2.45) is 5.92 Å². The number of hydrogen-bond donors (Lipinski definition) is 0. The van der Waals surface area contributed by atoms with E-state index < -0.39 is 5.92 Å². The van der Waals surface area contributed by atoms with Crippen molar-refractivity contribution in [3.63, 3.8) is 0 Å². The first kappa shape index (κ1) is 19.4. The Hall–Kier alpha value is -2.89. The second kappa shape index (κ2) is 10.2. The highest BCUT2D eigenvalue weighted by atomic mass is 16.5. The highest BCUT2D eigenvalue weighted by Gasteiger charge is 2.21. The zero-order chi connectivity index (χ0) is 18.8. The first-order valence-corrected chi connectivity index (χ1v) is 8.52. The number of amides is 1. The number of hydrogen-bond acceptors (Lipinski definition) is 5. The van der Waals surface area contributed by atoms with Crippen LogP contribution < -0.4 is 4.74 Å². The van der Waals surface area contributed by atoms with Crippen molar-refractivity contribution in [2.75, 3.05) is 20.3 Å². The van der Waals surface area contributed by atoms with Crippen LogP contribution >= 0.6 is 0 Å². The number of ether oxygens (including phenoxy) is 2. The zero-order valence-corrected chi connectivity index (χ0v) is 15.1. The van der Waals surface area contributed by atoms with E-state index in [1.54, 1.807) is 24.2 Å². The minimum absolute atomic E-state index is 0.0828. The van der Waals surface area contributed by atoms with Crippen molar-refractivity contribution in [1.29, 1.82) is 0 Å². The predicted molar refractivity (Wildman–Crippen MR) is 97.4 cm³/mol. The molecule has 0 saturated carbocycles. The third-order valence-corrected chi connectivity index (χ3v) is 3.87. The molecule has 6 heteroatoms. The molecule has 6 nitrogen and oxygen atoms in total. The van der Waals surface area contributed by atoms with Gasteiger partial charge in [0.05, 0.1) is 26.1 Å². The molecule has 1 aromatic heterocycles. The Bertz CT molecular complexity index is 691. The second-order valence-electron chi connectivity index (χ2n) is 5.97. The predicted octanol–water partition coefficient (Wildman–Crippen LogP) is 2.69. The third kappa shape index (κ3) is 6.20. The van der Waals surface area contributed by atoms with E-state index in [0.717, 1.165) is 11.3 Å². The molecule has 2 rings (SSSR count). The standard InChI is InChI=1S/C20H24N2O4/c1-16(20(24)25-2)14-22(15-17-7-6-11-21-13-17)19(23)10-12-26-18-8-4-3-5-9-18/h3-9,11,13,16H,10,12,14-15H2,1-2H3. The van der Waals surface area contributed by atoms with Crippen molar-refractivity contribution in [3.05, 3.63) is 60.4 Å². The summed E-state index contributed by atoms with van der Waals surface area (Å²) in [6, 6.07) is 13.1. The van der Waals surface area contributed by atoms with Gasteiger partial charge in [-0.2, -0.15) is 0 Å². The van der Waals surface area contributed by atoms with Crippen molar-refractivity contribution >= 4 is 11.9 Å². The average Bonchev–Trinajstić information content (AvgIpc) is 2.68. The fourth-order valence-corrected chi connectivity index (χ4v) is 2.50. The van der Waals surface area contributed by atoms with Gasteiger partial charge < -0.3 is 14.4 Å². The lowest BCUT2D eigenvalue weighted by molar-refractivity contribution is -0.146. The van der Waals surface area contributed by atoms with Crippen LogP contribution in [0.4, 0.5) is 0 Å². The summed E-state index contributed by atoms with van der Waals surface area (Å²) in [5.74, 6) is -0.104. The second-order valence-corrected chi connectivity index (χ2v) is 5.97. The molecule has 1 heterocycles. The van der Waals surface area contributed by atoms with E-state index in [2.05, 4.69) is 4.98 Å². The lowest BCUT2D eigenvalue weighted by Gasteiger charge is -2.25. The Morgan fingerprint density at radius 1 is 1.15 bits per heavy atom. The van der Waals surface area contributed by atoms with Crippen molar-refractivity contribution in [1.82, 2.24) is 9.88 Å². The van der Waals surface area contributed by atoms with E-state index in [0.29, 0.717) is 6.54 Å². The van der Waals surface area contributed by atoms with Crippen LogP contribution in [0.25, 0.3) is 0 Å². The minimum atomic E-state index is -0.407. The number of carbonyl (C=O) groups is 2. The first-order valence-electron chi connectivity index (χ1n) is 8.52. The van der Waals surface area contributed by atoms with E-state index in [4.69, 9.17) is 9.47 Å². The number of para-hydroxylation sites is 1. The molecule has 0 aliphatic rings. The Labute approximate surface area is 153 Å². The maximum Gasteiger partial charge on any atom is 0.310 e. The van der Waals surface area contributed by atoms with Crippen molar-refractivity contribution in [3.8, 4) is 5.75 Å². The van der Waals surface area contributed by atoms with Crippen molar-refractivity contribution < 1.29 is 19.1 Å². The molecule has 1 unspecified atom stereocenters. The number of pyridine rings is 1. The molecule has 0 N–H and O–H groups in total. The highest BCUT2D eigenvalue weighted by Crippen LogP contribution is 2.12. The lowest BCUT2D eigenvalue weighted by atomic mass is 10.1. The molecule has 138 valence electrons. The summed E-state index contributed by atoms with van der Waals surface area (Å²) in [7, 11) is 1.35. The monoisotopic (exact) mass is 356 g/mol. The Morgan fingerprint density at radius 2 is 1.92 bits per heavy atom. The van der Waals surface area contributed by atoms with Gasteiger partial charge in [-0.25, -0.2) is 0 Å². The SMILES string of the molecule is COC(=O)C(C)CN(Cc1cccnc1)C(=O)CCOc1ccccc1. The normalized spacial score (nSPS) is 11.5. The molecule has 2 aromatic rings. The molecule has 1 aromatic carbocycles. The number of rotatable bonds is 9. The van der Waals surface area contributed by atoms with Crippen LogP contribution in [0.3, 0.4) is 0 Å². The Morgan fingerprint density at radius 3 is 2.58 bits per heavy atom. The van der Waals surface area contributed by atoms with Gasteiger partial charge in [0.2, 0.25) is 5.91 Å². The van der Waals surface area contributed by atoms with E-state index in [9.17, 15) is 9.59 Å². The molecule has 0 fully saturated rings. The van der Waals surface area contributed by atoms with Crippen LogP contribution in [0, 0.1) is 5.92 Å².